The van der Waals surface area contributed by atoms with Crippen LogP contribution in [0.25, 0.3) is 5.65 Å². The Hall–Kier alpha value is -1.85. The first kappa shape index (κ1) is 19.9. The molecule has 0 spiro atoms. The van der Waals surface area contributed by atoms with Gasteiger partial charge in [0.25, 0.3) is 0 Å². The molecule has 1 saturated heterocycles. The molecular formula is C16H22N4O5S2. The lowest BCUT2D eigenvalue weighted by atomic mass is 10.2. The number of thioether (sulfide) groups is 1. The van der Waals surface area contributed by atoms with Crippen LogP contribution in [0, 0.1) is 0 Å². The molecular weight excluding hydrogens is 392 g/mol. The van der Waals surface area contributed by atoms with Crippen LogP contribution in [0.4, 0.5) is 0 Å². The average Bonchev–Trinajstić information content (AvgIpc) is 2.99. The Labute approximate surface area is 161 Å². The van der Waals surface area contributed by atoms with Crippen molar-refractivity contribution in [3.05, 3.63) is 28.8 Å². The fourth-order valence-corrected chi connectivity index (χ4v) is 5.52. The van der Waals surface area contributed by atoms with Crippen molar-refractivity contribution in [1.82, 2.24) is 18.5 Å². The maximum atomic E-state index is 12.8. The molecule has 9 nitrogen and oxygen atoms in total. The van der Waals surface area contributed by atoms with Gasteiger partial charge in [-0.1, -0.05) is 6.92 Å². The number of hydrogen-bond donors (Lipinski definition) is 0. The summed E-state index contributed by atoms with van der Waals surface area (Å²) in [5, 5.41) is 4.18. The number of pyridine rings is 1. The van der Waals surface area contributed by atoms with Crippen LogP contribution in [0.5, 0.6) is 0 Å². The van der Waals surface area contributed by atoms with E-state index in [1.165, 1.54) is 22.6 Å². The lowest BCUT2D eigenvalue weighted by Crippen LogP contribution is -2.38. The maximum absolute atomic E-state index is 12.8. The molecule has 1 aliphatic rings. The van der Waals surface area contributed by atoms with Gasteiger partial charge in [0.05, 0.1) is 11.5 Å². The van der Waals surface area contributed by atoms with Crippen molar-refractivity contribution in [2.24, 2.45) is 0 Å². The minimum absolute atomic E-state index is 0.0349. The van der Waals surface area contributed by atoms with Crippen LogP contribution in [-0.2, 0) is 19.6 Å². The third kappa shape index (κ3) is 3.76. The number of sulfonamides is 1. The van der Waals surface area contributed by atoms with Crippen molar-refractivity contribution in [3.63, 3.8) is 0 Å². The minimum Gasteiger partial charge on any atom is -0.464 e. The fourth-order valence-electron chi connectivity index (χ4n) is 2.94. The molecule has 0 aliphatic carbocycles. The van der Waals surface area contributed by atoms with Crippen molar-refractivity contribution in [2.75, 3.05) is 31.2 Å². The highest BCUT2D eigenvalue weighted by Crippen LogP contribution is 2.20. The Morgan fingerprint density at radius 2 is 2.00 bits per heavy atom. The number of carbonyl (C=O) groups is 1. The second-order valence-electron chi connectivity index (χ2n) is 6.01. The Balaban J connectivity index is 2.02. The number of esters is 1. The van der Waals surface area contributed by atoms with Crippen molar-refractivity contribution in [3.8, 4) is 0 Å². The summed E-state index contributed by atoms with van der Waals surface area (Å²) in [5.74, 6) is 0.956. The number of fused-ring (bicyclic) bond motifs is 1. The summed E-state index contributed by atoms with van der Waals surface area (Å²) in [5.41, 5.74) is -0.299. The molecule has 11 heteroatoms. The van der Waals surface area contributed by atoms with Gasteiger partial charge in [-0.25, -0.2) is 22.4 Å². The van der Waals surface area contributed by atoms with Gasteiger partial charge in [0.15, 0.2) is 11.7 Å². The molecule has 1 fully saturated rings. The molecule has 3 rings (SSSR count). The first-order valence-corrected chi connectivity index (χ1v) is 11.3. The lowest BCUT2D eigenvalue weighted by Gasteiger charge is -2.25. The van der Waals surface area contributed by atoms with Gasteiger partial charge in [0.2, 0.25) is 10.0 Å². The first-order valence-electron chi connectivity index (χ1n) is 8.75. The lowest BCUT2D eigenvalue weighted by molar-refractivity contribution is -0.147. The van der Waals surface area contributed by atoms with E-state index in [0.29, 0.717) is 19.5 Å². The number of aromatic nitrogens is 3. The zero-order valence-electron chi connectivity index (χ0n) is 15.2. The quantitative estimate of drug-likeness (QED) is 0.643. The fraction of sp³-hybridized carbons (Fsp3) is 0.562. The van der Waals surface area contributed by atoms with Gasteiger partial charge in [-0.15, -0.1) is 5.10 Å². The average molecular weight is 415 g/mol. The van der Waals surface area contributed by atoms with E-state index in [1.807, 2.05) is 0 Å². The highest BCUT2D eigenvalue weighted by atomic mass is 32.2. The number of nitrogens with zero attached hydrogens (tertiary/aromatic N) is 4. The van der Waals surface area contributed by atoms with E-state index in [1.54, 1.807) is 25.6 Å². The summed E-state index contributed by atoms with van der Waals surface area (Å²) in [6.45, 7) is 4.53. The molecule has 148 valence electrons. The molecule has 0 radical (unpaired) electrons. The van der Waals surface area contributed by atoms with E-state index in [4.69, 9.17) is 4.74 Å². The van der Waals surface area contributed by atoms with Gasteiger partial charge in [-0.2, -0.15) is 20.7 Å². The largest absolute Gasteiger partial charge is 0.464 e. The topological polar surface area (TPSA) is 103 Å². The summed E-state index contributed by atoms with van der Waals surface area (Å²) >= 11 is 1.71. The van der Waals surface area contributed by atoms with Gasteiger partial charge in [-0.3, -0.25) is 0 Å². The van der Waals surface area contributed by atoms with E-state index in [2.05, 4.69) is 5.10 Å². The van der Waals surface area contributed by atoms with Crippen LogP contribution in [-0.4, -0.2) is 64.1 Å². The first-order chi connectivity index (χ1) is 12.9. The molecule has 3 heterocycles. The smallest absolute Gasteiger partial charge is 0.351 e. The standard InChI is InChI=1S/C16H22N4O5S2/c1-3-13(15(21)25-4-2)20-16(22)19-11-12(5-6-14(19)17-20)27(23,24)18-7-9-26-10-8-18/h5-6,11,13H,3-4,7-10H2,1-2H3/t13-/m0/s1. The zero-order chi connectivity index (χ0) is 19.6. The second kappa shape index (κ2) is 8.03. The summed E-state index contributed by atoms with van der Waals surface area (Å²) in [6.07, 6.45) is 1.61. The van der Waals surface area contributed by atoms with Crippen LogP contribution < -0.4 is 5.69 Å². The monoisotopic (exact) mass is 414 g/mol. The van der Waals surface area contributed by atoms with E-state index < -0.39 is 27.7 Å². The molecule has 0 aromatic carbocycles. The molecule has 0 N–H and O–H groups in total. The van der Waals surface area contributed by atoms with E-state index in [9.17, 15) is 18.0 Å². The summed E-state index contributed by atoms with van der Waals surface area (Å²) < 4.78 is 34.3. The Morgan fingerprint density at radius 1 is 1.30 bits per heavy atom. The van der Waals surface area contributed by atoms with Crippen molar-refractivity contribution in [1.29, 1.82) is 0 Å². The number of hydrogen-bond acceptors (Lipinski definition) is 7. The van der Waals surface area contributed by atoms with E-state index in [-0.39, 0.29) is 17.1 Å². The minimum atomic E-state index is -3.68. The Morgan fingerprint density at radius 3 is 2.63 bits per heavy atom. The normalized spacial score (nSPS) is 17.1. The summed E-state index contributed by atoms with van der Waals surface area (Å²) in [6, 6.07) is 2.06. The highest BCUT2D eigenvalue weighted by molar-refractivity contribution is 7.99. The van der Waals surface area contributed by atoms with Crippen molar-refractivity contribution < 1.29 is 17.9 Å². The van der Waals surface area contributed by atoms with E-state index in [0.717, 1.165) is 20.6 Å². The van der Waals surface area contributed by atoms with Gasteiger partial charge in [0.1, 0.15) is 0 Å². The van der Waals surface area contributed by atoms with Crippen LogP contribution in [0.3, 0.4) is 0 Å². The molecule has 2 aromatic heterocycles. The molecule has 0 saturated carbocycles. The second-order valence-corrected chi connectivity index (χ2v) is 9.18. The van der Waals surface area contributed by atoms with Crippen molar-refractivity contribution in [2.45, 2.75) is 31.2 Å². The molecule has 0 bridgehead atoms. The number of carbonyl (C=O) groups excluding carboxylic acids is 1. The van der Waals surface area contributed by atoms with Crippen LogP contribution in [0.2, 0.25) is 0 Å². The maximum Gasteiger partial charge on any atom is 0.351 e. The molecule has 1 aliphatic heterocycles. The SMILES string of the molecule is CCOC(=O)[C@H](CC)n1nc2ccc(S(=O)(=O)N3CCSCC3)cn2c1=O. The summed E-state index contributed by atoms with van der Waals surface area (Å²) in [7, 11) is -3.68. The van der Waals surface area contributed by atoms with Crippen LogP contribution in [0.1, 0.15) is 26.3 Å². The number of ether oxygens (including phenoxy) is 1. The molecule has 2 aromatic rings. The molecule has 0 amide bonds. The van der Waals surface area contributed by atoms with Gasteiger partial charge in [0, 0.05) is 30.8 Å². The molecule has 1 atom stereocenters. The summed E-state index contributed by atoms with van der Waals surface area (Å²) in [4.78, 5) is 24.9. The number of rotatable bonds is 6. The van der Waals surface area contributed by atoms with Crippen molar-refractivity contribution >= 4 is 33.4 Å². The molecule has 27 heavy (non-hydrogen) atoms. The third-order valence-electron chi connectivity index (χ3n) is 4.36. The van der Waals surface area contributed by atoms with Crippen LogP contribution >= 0.6 is 11.8 Å². The third-order valence-corrected chi connectivity index (χ3v) is 7.19. The van der Waals surface area contributed by atoms with E-state index >= 15 is 0 Å². The van der Waals surface area contributed by atoms with Gasteiger partial charge in [-0.05, 0) is 25.5 Å². The Kier molecular flexibility index (Phi) is 5.92. The van der Waals surface area contributed by atoms with Gasteiger partial charge < -0.3 is 4.74 Å². The predicted octanol–water partition coefficient (Wildman–Crippen LogP) is 0.748. The van der Waals surface area contributed by atoms with Gasteiger partial charge >= 0.3 is 11.7 Å². The van der Waals surface area contributed by atoms with Crippen LogP contribution in [0.15, 0.2) is 28.0 Å². The predicted molar refractivity (Wildman–Crippen MR) is 101 cm³/mol. The molecule has 0 unspecified atom stereocenters. The Bertz CT molecular complexity index is 992. The zero-order valence-corrected chi connectivity index (χ0v) is 16.8. The highest BCUT2D eigenvalue weighted by Gasteiger charge is 2.28.